The van der Waals surface area contributed by atoms with Crippen molar-refractivity contribution in [3.8, 4) is 0 Å². The zero-order valence-corrected chi connectivity index (χ0v) is 11.7. The molecule has 1 atom stereocenters. The van der Waals surface area contributed by atoms with Gasteiger partial charge in [-0.2, -0.15) is 0 Å². The number of carbonyl (C=O) groups excluding carboxylic acids is 2. The van der Waals surface area contributed by atoms with Crippen LogP contribution >= 0.6 is 0 Å². The van der Waals surface area contributed by atoms with E-state index < -0.39 is 17.7 Å². The predicted octanol–water partition coefficient (Wildman–Crippen LogP) is 1.81. The van der Waals surface area contributed by atoms with Crippen LogP contribution in [0.2, 0.25) is 0 Å². The van der Waals surface area contributed by atoms with E-state index in [0.29, 0.717) is 25.7 Å². The fourth-order valence-electron chi connectivity index (χ4n) is 1.42. The van der Waals surface area contributed by atoms with Crippen LogP contribution in [0.5, 0.6) is 0 Å². The Morgan fingerprint density at radius 2 is 1.78 bits per heavy atom. The van der Waals surface area contributed by atoms with E-state index >= 15 is 0 Å². The molecule has 0 fully saturated rings. The van der Waals surface area contributed by atoms with E-state index in [9.17, 15) is 14.7 Å². The monoisotopic (exact) mass is 260 g/mol. The second-order valence-corrected chi connectivity index (χ2v) is 5.27. The summed E-state index contributed by atoms with van der Waals surface area (Å²) in [6.07, 6.45) is 1.45. The molecule has 0 aliphatic heterocycles. The summed E-state index contributed by atoms with van der Waals surface area (Å²) in [5, 5.41) is 9.49. The molecule has 0 rings (SSSR count). The van der Waals surface area contributed by atoms with E-state index in [4.69, 9.17) is 4.74 Å². The fraction of sp³-hybridized carbons (Fsp3) is 0.846. The number of carbonyl (C=O) groups is 2. The van der Waals surface area contributed by atoms with Crippen molar-refractivity contribution in [2.24, 2.45) is 0 Å². The first-order chi connectivity index (χ1) is 8.24. The van der Waals surface area contributed by atoms with Gasteiger partial charge in [0.15, 0.2) is 0 Å². The lowest BCUT2D eigenvalue weighted by Crippen LogP contribution is -2.23. The van der Waals surface area contributed by atoms with Gasteiger partial charge < -0.3 is 14.6 Å². The van der Waals surface area contributed by atoms with Gasteiger partial charge in [0.1, 0.15) is 5.60 Å². The Bertz CT molecular complexity index is 267. The Labute approximate surface area is 108 Å². The molecule has 0 saturated heterocycles. The molecule has 0 amide bonds. The summed E-state index contributed by atoms with van der Waals surface area (Å²) in [4.78, 5) is 22.2. The van der Waals surface area contributed by atoms with Crippen molar-refractivity contribution in [3.63, 3.8) is 0 Å². The molecule has 0 aromatic heterocycles. The smallest absolute Gasteiger partial charge is 0.308 e. The Kier molecular flexibility index (Phi) is 7.59. The summed E-state index contributed by atoms with van der Waals surface area (Å²) >= 11 is 0. The minimum atomic E-state index is -0.698. The van der Waals surface area contributed by atoms with Gasteiger partial charge in [0, 0.05) is 6.42 Å². The maximum Gasteiger partial charge on any atom is 0.308 e. The molecule has 5 nitrogen and oxygen atoms in total. The Balaban J connectivity index is 3.61. The third-order valence-corrected chi connectivity index (χ3v) is 2.22. The number of methoxy groups -OCH3 is 1. The normalized spacial score (nSPS) is 12.9. The molecule has 1 unspecified atom stereocenters. The Morgan fingerprint density at radius 3 is 2.28 bits per heavy atom. The number of ether oxygens (including phenoxy) is 2. The summed E-state index contributed by atoms with van der Waals surface area (Å²) in [5.41, 5.74) is -0.457. The van der Waals surface area contributed by atoms with E-state index in [1.54, 1.807) is 0 Å². The van der Waals surface area contributed by atoms with E-state index in [1.807, 2.05) is 20.8 Å². The van der Waals surface area contributed by atoms with Gasteiger partial charge in [-0.15, -0.1) is 0 Å². The van der Waals surface area contributed by atoms with Gasteiger partial charge in [0.05, 0.1) is 19.6 Å². The SMILES string of the molecule is COC(=O)CC(O)CCCCC(=O)OC(C)(C)C. The number of esters is 2. The highest BCUT2D eigenvalue weighted by molar-refractivity contribution is 5.70. The number of unbranched alkanes of at least 4 members (excludes halogenated alkanes) is 1. The van der Waals surface area contributed by atoms with Crippen LogP contribution in [0.15, 0.2) is 0 Å². The molecular weight excluding hydrogens is 236 g/mol. The molecule has 1 N–H and O–H groups in total. The minimum Gasteiger partial charge on any atom is -0.469 e. The van der Waals surface area contributed by atoms with Gasteiger partial charge in [-0.25, -0.2) is 0 Å². The molecule has 0 aliphatic rings. The molecule has 0 heterocycles. The van der Waals surface area contributed by atoms with Gasteiger partial charge in [0.2, 0.25) is 0 Å². The standard InChI is InChI=1S/C13H24O5/c1-13(2,3)18-11(15)8-6-5-7-10(14)9-12(16)17-4/h10,14H,5-9H2,1-4H3. The molecule has 0 bridgehead atoms. The second kappa shape index (κ2) is 8.08. The minimum absolute atomic E-state index is 0.00291. The van der Waals surface area contributed by atoms with Crippen molar-refractivity contribution in [2.75, 3.05) is 7.11 Å². The van der Waals surface area contributed by atoms with Crippen molar-refractivity contribution in [1.29, 1.82) is 0 Å². The van der Waals surface area contributed by atoms with Crippen LogP contribution < -0.4 is 0 Å². The van der Waals surface area contributed by atoms with Crippen LogP contribution in [0, 0.1) is 0 Å². The topological polar surface area (TPSA) is 72.8 Å². The molecular formula is C13H24O5. The summed E-state index contributed by atoms with van der Waals surface area (Å²) in [6.45, 7) is 5.47. The van der Waals surface area contributed by atoms with Crippen LogP contribution in [0.3, 0.4) is 0 Å². The van der Waals surface area contributed by atoms with Gasteiger partial charge in [-0.1, -0.05) is 6.42 Å². The van der Waals surface area contributed by atoms with Crippen LogP contribution in [-0.4, -0.2) is 35.9 Å². The lowest BCUT2D eigenvalue weighted by molar-refractivity contribution is -0.155. The summed E-state index contributed by atoms with van der Waals surface area (Å²) in [6, 6.07) is 0. The first-order valence-corrected chi connectivity index (χ1v) is 6.21. The molecule has 0 aliphatic carbocycles. The lowest BCUT2D eigenvalue weighted by Gasteiger charge is -2.19. The van der Waals surface area contributed by atoms with Crippen molar-refractivity contribution in [1.82, 2.24) is 0 Å². The maximum atomic E-state index is 11.4. The van der Waals surface area contributed by atoms with Gasteiger partial charge >= 0.3 is 11.9 Å². The quantitative estimate of drug-likeness (QED) is 0.558. The van der Waals surface area contributed by atoms with Gasteiger partial charge in [-0.3, -0.25) is 9.59 Å². The molecule has 0 aromatic carbocycles. The molecule has 0 radical (unpaired) electrons. The Hall–Kier alpha value is -1.10. The number of aliphatic hydroxyl groups excluding tert-OH is 1. The van der Waals surface area contributed by atoms with Gasteiger partial charge in [-0.05, 0) is 33.6 Å². The number of hydrogen-bond donors (Lipinski definition) is 1. The van der Waals surface area contributed by atoms with Crippen LogP contribution in [-0.2, 0) is 19.1 Å². The number of rotatable bonds is 7. The highest BCUT2D eigenvalue weighted by atomic mass is 16.6. The Morgan fingerprint density at radius 1 is 1.17 bits per heavy atom. The van der Waals surface area contributed by atoms with Crippen molar-refractivity contribution in [3.05, 3.63) is 0 Å². The molecule has 5 heteroatoms. The molecule has 0 aromatic rings. The van der Waals surface area contributed by atoms with E-state index in [1.165, 1.54) is 7.11 Å². The largest absolute Gasteiger partial charge is 0.469 e. The molecule has 106 valence electrons. The summed E-state index contributed by atoms with van der Waals surface area (Å²) in [5.74, 6) is -0.653. The zero-order chi connectivity index (χ0) is 14.2. The highest BCUT2D eigenvalue weighted by Crippen LogP contribution is 2.12. The zero-order valence-electron chi connectivity index (χ0n) is 11.7. The highest BCUT2D eigenvalue weighted by Gasteiger charge is 2.16. The van der Waals surface area contributed by atoms with E-state index in [0.717, 1.165) is 0 Å². The summed E-state index contributed by atoms with van der Waals surface area (Å²) < 4.78 is 9.60. The molecule has 18 heavy (non-hydrogen) atoms. The third-order valence-electron chi connectivity index (χ3n) is 2.22. The molecule has 0 saturated carbocycles. The van der Waals surface area contributed by atoms with Crippen molar-refractivity contribution >= 4 is 11.9 Å². The summed E-state index contributed by atoms with van der Waals surface area (Å²) in [7, 11) is 1.29. The van der Waals surface area contributed by atoms with Crippen LogP contribution in [0.1, 0.15) is 52.9 Å². The van der Waals surface area contributed by atoms with E-state index in [2.05, 4.69) is 4.74 Å². The predicted molar refractivity (Wildman–Crippen MR) is 67.0 cm³/mol. The van der Waals surface area contributed by atoms with Crippen LogP contribution in [0.4, 0.5) is 0 Å². The lowest BCUT2D eigenvalue weighted by atomic mass is 10.1. The average Bonchev–Trinajstić information content (AvgIpc) is 2.21. The first kappa shape index (κ1) is 16.9. The maximum absolute atomic E-state index is 11.4. The fourth-order valence-corrected chi connectivity index (χ4v) is 1.42. The van der Waals surface area contributed by atoms with Crippen molar-refractivity contribution in [2.45, 2.75) is 64.6 Å². The third kappa shape index (κ3) is 10.1. The average molecular weight is 260 g/mol. The first-order valence-electron chi connectivity index (χ1n) is 6.21. The van der Waals surface area contributed by atoms with Gasteiger partial charge in [0.25, 0.3) is 0 Å². The van der Waals surface area contributed by atoms with Crippen molar-refractivity contribution < 1.29 is 24.2 Å². The second-order valence-electron chi connectivity index (χ2n) is 5.27. The number of hydrogen-bond acceptors (Lipinski definition) is 5. The van der Waals surface area contributed by atoms with E-state index in [-0.39, 0.29) is 12.4 Å². The number of aliphatic hydroxyl groups is 1. The van der Waals surface area contributed by atoms with Crippen LogP contribution in [0.25, 0.3) is 0 Å². The molecule has 0 spiro atoms.